The summed E-state index contributed by atoms with van der Waals surface area (Å²) in [5.74, 6) is -0.483. The van der Waals surface area contributed by atoms with E-state index in [2.05, 4.69) is 33.8 Å². The zero-order valence-electron chi connectivity index (χ0n) is 21.0. The number of pyridine rings is 1. The van der Waals surface area contributed by atoms with Crippen molar-refractivity contribution in [2.24, 2.45) is 5.92 Å². The summed E-state index contributed by atoms with van der Waals surface area (Å²) in [6.07, 6.45) is 11.2. The normalized spacial score (nSPS) is 20.0. The van der Waals surface area contributed by atoms with E-state index in [4.69, 9.17) is 4.74 Å². The number of carboxylic acids is 1. The zero-order valence-corrected chi connectivity index (χ0v) is 21.8. The van der Waals surface area contributed by atoms with Crippen LogP contribution in [0.15, 0.2) is 71.4 Å². The first-order valence-electron chi connectivity index (χ1n) is 12.5. The smallest absolute Gasteiger partial charge is 0.307 e. The van der Waals surface area contributed by atoms with E-state index in [-0.39, 0.29) is 23.3 Å². The average Bonchev–Trinajstić information content (AvgIpc) is 3.59. The van der Waals surface area contributed by atoms with Crippen molar-refractivity contribution in [1.29, 1.82) is 0 Å². The molecule has 3 heterocycles. The van der Waals surface area contributed by atoms with Crippen molar-refractivity contribution in [3.63, 3.8) is 0 Å². The van der Waals surface area contributed by atoms with Crippen LogP contribution in [0.3, 0.4) is 0 Å². The van der Waals surface area contributed by atoms with Gasteiger partial charge >= 0.3 is 5.97 Å². The van der Waals surface area contributed by atoms with Crippen LogP contribution in [0.4, 0.5) is 0 Å². The van der Waals surface area contributed by atoms with Crippen LogP contribution >= 0.6 is 0 Å². The monoisotopic (exact) mass is 521 g/mol. The topological polar surface area (TPSA) is 102 Å². The van der Waals surface area contributed by atoms with E-state index in [0.717, 1.165) is 34.9 Å². The third kappa shape index (κ3) is 5.06. The molecule has 5 rings (SSSR count). The number of benzene rings is 1. The molecule has 0 amide bonds. The highest BCUT2D eigenvalue weighted by atomic mass is 32.2. The third-order valence-corrected chi connectivity index (χ3v) is 8.94. The maximum Gasteiger partial charge on any atom is 0.307 e. The van der Waals surface area contributed by atoms with E-state index in [1.165, 1.54) is 22.1 Å². The summed E-state index contributed by atoms with van der Waals surface area (Å²) in [5, 5.41) is 10.4. The van der Waals surface area contributed by atoms with Crippen LogP contribution in [-0.4, -0.2) is 53.0 Å². The second kappa shape index (κ2) is 10.1. The first-order chi connectivity index (χ1) is 17.8. The van der Waals surface area contributed by atoms with E-state index in [1.807, 2.05) is 32.2 Å². The summed E-state index contributed by atoms with van der Waals surface area (Å²) in [6.45, 7) is 4.96. The minimum absolute atomic E-state index is 0.0215. The molecule has 1 fully saturated rings. The summed E-state index contributed by atoms with van der Waals surface area (Å²) in [4.78, 5) is 15.9. The molecule has 2 atom stereocenters. The van der Waals surface area contributed by atoms with Gasteiger partial charge < -0.3 is 14.4 Å². The van der Waals surface area contributed by atoms with Crippen molar-refractivity contribution in [2.75, 3.05) is 19.7 Å². The lowest BCUT2D eigenvalue weighted by atomic mass is 9.95. The van der Waals surface area contributed by atoms with Gasteiger partial charge in [0.15, 0.2) is 0 Å². The molecular weight excluding hydrogens is 490 g/mol. The van der Waals surface area contributed by atoms with Gasteiger partial charge in [0, 0.05) is 36.3 Å². The van der Waals surface area contributed by atoms with Gasteiger partial charge in [-0.1, -0.05) is 35.9 Å². The van der Waals surface area contributed by atoms with Gasteiger partial charge in [-0.2, -0.15) is 4.31 Å². The lowest BCUT2D eigenvalue weighted by Gasteiger charge is -2.21. The fourth-order valence-corrected chi connectivity index (χ4v) is 6.86. The molecular formula is C28H31N3O5S. The van der Waals surface area contributed by atoms with Gasteiger partial charge in [0.05, 0.1) is 25.3 Å². The van der Waals surface area contributed by atoms with Crippen molar-refractivity contribution in [2.45, 2.75) is 44.0 Å². The predicted molar refractivity (Wildman–Crippen MR) is 141 cm³/mol. The predicted octanol–water partition coefficient (Wildman–Crippen LogP) is 4.51. The maximum atomic E-state index is 13.7. The van der Waals surface area contributed by atoms with E-state index >= 15 is 0 Å². The van der Waals surface area contributed by atoms with Crippen LogP contribution in [0, 0.1) is 12.8 Å². The summed E-state index contributed by atoms with van der Waals surface area (Å²) in [7, 11) is -3.78. The molecule has 1 saturated heterocycles. The largest absolute Gasteiger partial charge is 0.481 e. The molecule has 0 radical (unpaired) electrons. The molecule has 1 aliphatic heterocycles. The third-order valence-electron chi connectivity index (χ3n) is 7.13. The van der Waals surface area contributed by atoms with Crippen LogP contribution in [-0.2, 0) is 21.2 Å². The van der Waals surface area contributed by atoms with Crippen LogP contribution in [0.2, 0.25) is 0 Å². The van der Waals surface area contributed by atoms with E-state index in [9.17, 15) is 18.3 Å². The number of sulfonamides is 1. The molecule has 0 spiro atoms. The summed E-state index contributed by atoms with van der Waals surface area (Å²) in [6, 6.07) is 8.97. The Balaban J connectivity index is 1.53. The van der Waals surface area contributed by atoms with Gasteiger partial charge in [0.1, 0.15) is 4.90 Å². The minimum Gasteiger partial charge on any atom is -0.481 e. The van der Waals surface area contributed by atoms with E-state index in [0.29, 0.717) is 25.6 Å². The van der Waals surface area contributed by atoms with Crippen molar-refractivity contribution < 1.29 is 23.1 Å². The molecule has 1 aromatic carbocycles. The first kappa shape index (κ1) is 25.2. The Kier molecular flexibility index (Phi) is 6.92. The molecule has 194 valence electrons. The number of ether oxygens (including phenoxy) is 1. The summed E-state index contributed by atoms with van der Waals surface area (Å²) in [5.41, 5.74) is 3.94. The van der Waals surface area contributed by atoms with E-state index in [1.54, 1.807) is 6.07 Å². The Morgan fingerprint density at radius 3 is 2.73 bits per heavy atom. The fourth-order valence-electron chi connectivity index (χ4n) is 5.40. The van der Waals surface area contributed by atoms with Gasteiger partial charge in [0.25, 0.3) is 0 Å². The number of aliphatic carboxylic acids is 1. The molecule has 2 aromatic heterocycles. The van der Waals surface area contributed by atoms with Crippen molar-refractivity contribution >= 4 is 26.9 Å². The quantitative estimate of drug-likeness (QED) is 0.445. The van der Waals surface area contributed by atoms with Crippen LogP contribution in [0.25, 0.3) is 10.9 Å². The standard InChI is InChI=1S/C28H31N3O5S/c1-3-36-27-11-9-23(15-29-27)37(34,35)30-16-22(13-20-6-4-5-7-20)26(18-30)31-17-21(14-28(32)33)24-10-8-19(2)12-25(24)31/h4,6-12,15,17,22,26H,3,5,13-14,16,18H2,1-2H3,(H,32,33)/t22-,26+/m1/s1. The van der Waals surface area contributed by atoms with Crippen molar-refractivity contribution in [1.82, 2.24) is 13.9 Å². The number of hydrogen-bond donors (Lipinski definition) is 1. The fraction of sp³-hybridized carbons (Fsp3) is 0.357. The van der Waals surface area contributed by atoms with Crippen molar-refractivity contribution in [3.8, 4) is 5.88 Å². The van der Waals surface area contributed by atoms with Gasteiger partial charge in [-0.25, -0.2) is 13.4 Å². The molecule has 0 saturated carbocycles. The molecule has 9 heteroatoms. The molecule has 2 aliphatic rings. The summed E-state index contributed by atoms with van der Waals surface area (Å²) >= 11 is 0. The second-order valence-electron chi connectivity index (χ2n) is 9.69. The molecule has 1 aliphatic carbocycles. The van der Waals surface area contributed by atoms with Crippen LogP contribution in [0.5, 0.6) is 5.88 Å². The Labute approximate surface area is 216 Å². The lowest BCUT2D eigenvalue weighted by Crippen LogP contribution is -2.29. The Hall–Kier alpha value is -3.43. The molecule has 8 nitrogen and oxygen atoms in total. The molecule has 37 heavy (non-hydrogen) atoms. The number of fused-ring (bicyclic) bond motifs is 1. The number of nitrogens with zero attached hydrogens (tertiary/aromatic N) is 3. The number of allylic oxidation sites excluding steroid dienone is 4. The van der Waals surface area contributed by atoms with Gasteiger partial charge in [-0.15, -0.1) is 0 Å². The SMILES string of the molecule is CCOc1ccc(S(=O)(=O)N2C[C@@H](CC3=CCC=C3)[C@@H](n3cc(CC(=O)O)c4ccc(C)cc43)C2)cn1. The van der Waals surface area contributed by atoms with Crippen molar-refractivity contribution in [3.05, 3.63) is 77.7 Å². The second-order valence-corrected chi connectivity index (χ2v) is 11.6. The van der Waals surface area contributed by atoms with Crippen LogP contribution in [0.1, 0.15) is 36.9 Å². The first-order valence-corrected chi connectivity index (χ1v) is 14.0. The number of aryl methyl sites for hydroxylation is 1. The van der Waals surface area contributed by atoms with Gasteiger partial charge in [0.2, 0.25) is 15.9 Å². The zero-order chi connectivity index (χ0) is 26.2. The summed E-state index contributed by atoms with van der Waals surface area (Å²) < 4.78 is 36.3. The highest BCUT2D eigenvalue weighted by molar-refractivity contribution is 7.89. The Bertz CT molecular complexity index is 1490. The number of carbonyl (C=O) groups is 1. The van der Waals surface area contributed by atoms with E-state index < -0.39 is 16.0 Å². The molecule has 0 unspecified atom stereocenters. The average molecular weight is 522 g/mol. The maximum absolute atomic E-state index is 13.7. The highest BCUT2D eigenvalue weighted by Crippen LogP contribution is 2.39. The van der Waals surface area contributed by atoms with Gasteiger partial charge in [-0.05, 0) is 55.9 Å². The number of aromatic nitrogens is 2. The van der Waals surface area contributed by atoms with Gasteiger partial charge in [-0.3, -0.25) is 4.79 Å². The Morgan fingerprint density at radius 1 is 1.22 bits per heavy atom. The molecule has 3 aromatic rings. The number of rotatable bonds is 9. The van der Waals surface area contributed by atoms with Crippen LogP contribution < -0.4 is 4.74 Å². The Morgan fingerprint density at radius 2 is 2.05 bits per heavy atom. The highest BCUT2D eigenvalue weighted by Gasteiger charge is 2.41. The number of carboxylic acid groups (broad SMARTS) is 1. The lowest BCUT2D eigenvalue weighted by molar-refractivity contribution is -0.136. The minimum atomic E-state index is -3.78. The molecule has 0 bridgehead atoms. The number of hydrogen-bond acceptors (Lipinski definition) is 5. The molecule has 1 N–H and O–H groups in total.